The van der Waals surface area contributed by atoms with Crippen LogP contribution in [-0.4, -0.2) is 11.1 Å². The lowest BCUT2D eigenvalue weighted by Gasteiger charge is -2.04. The predicted molar refractivity (Wildman–Crippen MR) is 68.9 cm³/mol. The molecule has 0 bridgehead atoms. The summed E-state index contributed by atoms with van der Waals surface area (Å²) in [5, 5.41) is 9.31. The summed E-state index contributed by atoms with van der Waals surface area (Å²) in [5.41, 5.74) is -0.0667. The van der Waals surface area contributed by atoms with Gasteiger partial charge in [0.25, 0.3) is 0 Å². The lowest BCUT2D eigenvalue weighted by atomic mass is 10.2. The average molecular weight is 283 g/mol. The Morgan fingerprint density at radius 1 is 1.22 bits per heavy atom. The molecule has 0 aromatic heterocycles. The van der Waals surface area contributed by atoms with E-state index in [0.29, 0.717) is 9.92 Å². The smallest absolute Gasteiger partial charge is 0.335 e. The van der Waals surface area contributed by atoms with Gasteiger partial charge >= 0.3 is 5.97 Å². The molecular weight excluding hydrogens is 275 g/mol. The molecule has 0 amide bonds. The van der Waals surface area contributed by atoms with Crippen molar-refractivity contribution in [2.24, 2.45) is 0 Å². The standard InChI is InChI=1S/C13H8ClFO2S/c14-9-2-1-3-10(7-9)18-12-5-4-8(13(16)17)6-11(12)15/h1-7H,(H,16,17). The molecule has 2 nitrogen and oxygen atoms in total. The van der Waals surface area contributed by atoms with E-state index >= 15 is 0 Å². The van der Waals surface area contributed by atoms with E-state index in [1.807, 2.05) is 0 Å². The second-order valence-electron chi connectivity index (χ2n) is 3.51. The summed E-state index contributed by atoms with van der Waals surface area (Å²) in [6.45, 7) is 0. The van der Waals surface area contributed by atoms with Crippen LogP contribution in [0.3, 0.4) is 0 Å². The van der Waals surface area contributed by atoms with Gasteiger partial charge in [0.1, 0.15) is 5.82 Å². The molecule has 0 aliphatic rings. The Hall–Kier alpha value is -1.52. The van der Waals surface area contributed by atoms with Gasteiger partial charge in [0.2, 0.25) is 0 Å². The number of hydrogen-bond donors (Lipinski definition) is 1. The maximum atomic E-state index is 13.7. The second kappa shape index (κ2) is 5.42. The number of carboxylic acids is 1. The Morgan fingerprint density at radius 3 is 2.61 bits per heavy atom. The Kier molecular flexibility index (Phi) is 3.89. The van der Waals surface area contributed by atoms with E-state index < -0.39 is 11.8 Å². The molecule has 0 unspecified atom stereocenters. The van der Waals surface area contributed by atoms with Crippen molar-refractivity contribution in [1.29, 1.82) is 0 Å². The van der Waals surface area contributed by atoms with Crippen molar-refractivity contribution < 1.29 is 14.3 Å². The van der Waals surface area contributed by atoms with E-state index in [1.54, 1.807) is 24.3 Å². The van der Waals surface area contributed by atoms with Gasteiger partial charge in [-0.3, -0.25) is 0 Å². The number of carbonyl (C=O) groups is 1. The Morgan fingerprint density at radius 2 is 2.00 bits per heavy atom. The minimum absolute atomic E-state index is 0.0667. The van der Waals surface area contributed by atoms with Crippen LogP contribution < -0.4 is 0 Å². The topological polar surface area (TPSA) is 37.3 Å². The van der Waals surface area contributed by atoms with Gasteiger partial charge in [-0.2, -0.15) is 0 Å². The van der Waals surface area contributed by atoms with Gasteiger partial charge < -0.3 is 5.11 Å². The van der Waals surface area contributed by atoms with Gasteiger partial charge in [0, 0.05) is 14.8 Å². The van der Waals surface area contributed by atoms with Crippen molar-refractivity contribution in [3.05, 3.63) is 58.9 Å². The van der Waals surface area contributed by atoms with Crippen LogP contribution >= 0.6 is 23.4 Å². The first-order chi connectivity index (χ1) is 8.56. The molecule has 18 heavy (non-hydrogen) atoms. The highest BCUT2D eigenvalue weighted by Gasteiger charge is 2.09. The van der Waals surface area contributed by atoms with Crippen LogP contribution in [0.1, 0.15) is 10.4 Å². The molecule has 0 radical (unpaired) electrons. The summed E-state index contributed by atoms with van der Waals surface area (Å²) in [5.74, 6) is -1.70. The molecule has 2 aromatic carbocycles. The second-order valence-corrected chi connectivity index (χ2v) is 5.06. The van der Waals surface area contributed by atoms with Crippen LogP contribution in [0.5, 0.6) is 0 Å². The third-order valence-corrected chi connectivity index (χ3v) is 3.48. The summed E-state index contributed by atoms with van der Waals surface area (Å²) < 4.78 is 13.7. The molecule has 0 saturated heterocycles. The van der Waals surface area contributed by atoms with Gasteiger partial charge in [-0.05, 0) is 36.4 Å². The van der Waals surface area contributed by atoms with Gasteiger partial charge in [-0.1, -0.05) is 29.4 Å². The predicted octanol–water partition coefficient (Wildman–Crippen LogP) is 4.33. The van der Waals surface area contributed by atoms with E-state index in [2.05, 4.69) is 0 Å². The van der Waals surface area contributed by atoms with Crippen LogP contribution in [0.4, 0.5) is 4.39 Å². The van der Waals surface area contributed by atoms with Crippen LogP contribution in [-0.2, 0) is 0 Å². The molecule has 0 spiro atoms. The molecule has 2 aromatic rings. The van der Waals surface area contributed by atoms with E-state index in [1.165, 1.54) is 23.9 Å². The lowest BCUT2D eigenvalue weighted by molar-refractivity contribution is 0.0696. The third kappa shape index (κ3) is 3.03. The zero-order valence-electron chi connectivity index (χ0n) is 9.06. The highest BCUT2D eigenvalue weighted by molar-refractivity contribution is 7.99. The summed E-state index contributed by atoms with van der Waals surface area (Å²) in [6, 6.07) is 10.9. The summed E-state index contributed by atoms with van der Waals surface area (Å²) in [4.78, 5) is 11.8. The number of halogens is 2. The highest BCUT2D eigenvalue weighted by atomic mass is 35.5. The molecule has 0 aliphatic carbocycles. The van der Waals surface area contributed by atoms with Crippen molar-refractivity contribution >= 4 is 29.3 Å². The first-order valence-corrected chi connectivity index (χ1v) is 6.22. The van der Waals surface area contributed by atoms with Crippen LogP contribution in [0.2, 0.25) is 5.02 Å². The molecule has 5 heteroatoms. The summed E-state index contributed by atoms with van der Waals surface area (Å²) in [7, 11) is 0. The molecule has 92 valence electrons. The maximum Gasteiger partial charge on any atom is 0.335 e. The van der Waals surface area contributed by atoms with Gasteiger partial charge in [0.15, 0.2) is 0 Å². The SMILES string of the molecule is O=C(O)c1ccc(Sc2cccc(Cl)c2)c(F)c1. The van der Waals surface area contributed by atoms with Crippen LogP contribution in [0, 0.1) is 5.82 Å². The van der Waals surface area contributed by atoms with E-state index in [0.717, 1.165) is 11.0 Å². The minimum Gasteiger partial charge on any atom is -0.478 e. The van der Waals surface area contributed by atoms with Crippen LogP contribution in [0.15, 0.2) is 52.3 Å². The highest BCUT2D eigenvalue weighted by Crippen LogP contribution is 2.31. The number of rotatable bonds is 3. The van der Waals surface area contributed by atoms with Crippen molar-refractivity contribution in [1.82, 2.24) is 0 Å². The first kappa shape index (κ1) is 12.9. The molecule has 0 fully saturated rings. The normalized spacial score (nSPS) is 10.3. The average Bonchev–Trinajstić information content (AvgIpc) is 2.31. The fourth-order valence-electron chi connectivity index (χ4n) is 1.37. The van der Waals surface area contributed by atoms with Gasteiger partial charge in [-0.25, -0.2) is 9.18 Å². The molecular formula is C13H8ClFO2S. The lowest BCUT2D eigenvalue weighted by Crippen LogP contribution is -1.97. The number of aromatic carboxylic acids is 1. The quantitative estimate of drug-likeness (QED) is 0.910. The largest absolute Gasteiger partial charge is 0.478 e. The Labute approximate surface area is 112 Å². The van der Waals surface area contributed by atoms with Gasteiger partial charge in [0.05, 0.1) is 5.56 Å². The fourth-order valence-corrected chi connectivity index (χ4v) is 2.51. The zero-order valence-corrected chi connectivity index (χ0v) is 10.6. The minimum atomic E-state index is -1.15. The molecule has 0 aliphatic heterocycles. The van der Waals surface area contributed by atoms with E-state index in [9.17, 15) is 9.18 Å². The summed E-state index contributed by atoms with van der Waals surface area (Å²) in [6.07, 6.45) is 0. The fraction of sp³-hybridized carbons (Fsp3) is 0. The first-order valence-electron chi connectivity index (χ1n) is 5.02. The van der Waals surface area contributed by atoms with E-state index in [-0.39, 0.29) is 5.56 Å². The van der Waals surface area contributed by atoms with Crippen molar-refractivity contribution in [2.75, 3.05) is 0 Å². The van der Waals surface area contributed by atoms with Crippen LogP contribution in [0.25, 0.3) is 0 Å². The molecule has 2 rings (SSSR count). The van der Waals surface area contributed by atoms with Crippen molar-refractivity contribution in [3.63, 3.8) is 0 Å². The molecule has 1 N–H and O–H groups in total. The molecule has 0 heterocycles. The number of benzene rings is 2. The summed E-state index contributed by atoms with van der Waals surface area (Å²) >= 11 is 7.03. The molecule has 0 saturated carbocycles. The number of hydrogen-bond acceptors (Lipinski definition) is 2. The zero-order chi connectivity index (χ0) is 13.1. The Bertz CT molecular complexity index is 601. The van der Waals surface area contributed by atoms with Crippen molar-refractivity contribution in [3.8, 4) is 0 Å². The Balaban J connectivity index is 2.27. The monoisotopic (exact) mass is 282 g/mol. The molecule has 0 atom stereocenters. The number of carboxylic acid groups (broad SMARTS) is 1. The van der Waals surface area contributed by atoms with E-state index in [4.69, 9.17) is 16.7 Å². The maximum absolute atomic E-state index is 13.7. The van der Waals surface area contributed by atoms with Crippen molar-refractivity contribution in [2.45, 2.75) is 9.79 Å². The third-order valence-electron chi connectivity index (χ3n) is 2.20. The van der Waals surface area contributed by atoms with Gasteiger partial charge in [-0.15, -0.1) is 0 Å².